The number of sulfonamides is 1. The summed E-state index contributed by atoms with van der Waals surface area (Å²) >= 11 is 0. The van der Waals surface area contributed by atoms with Gasteiger partial charge in [-0.15, -0.1) is 5.11 Å². The average molecular weight is 405 g/mol. The number of benzene rings is 1. The van der Waals surface area contributed by atoms with Crippen molar-refractivity contribution in [3.05, 3.63) is 41.1 Å². The van der Waals surface area contributed by atoms with Crippen LogP contribution in [0.5, 0.6) is 0 Å². The minimum Gasteiger partial charge on any atom is -0.385 e. The lowest BCUT2D eigenvalue weighted by Crippen LogP contribution is -2.28. The smallest absolute Gasteiger partial charge is 0.299 e. The lowest BCUT2D eigenvalue weighted by atomic mass is 9.85. The maximum Gasteiger partial charge on any atom is 0.299 e. The molecule has 3 rings (SSSR count). The van der Waals surface area contributed by atoms with Crippen molar-refractivity contribution in [2.75, 3.05) is 0 Å². The van der Waals surface area contributed by atoms with Crippen LogP contribution in [0.3, 0.4) is 0 Å². The van der Waals surface area contributed by atoms with Gasteiger partial charge in [0.2, 0.25) is 0 Å². The molecule has 0 bridgehead atoms. The fourth-order valence-corrected chi connectivity index (χ4v) is 5.08. The molecule has 1 aromatic carbocycles. The van der Waals surface area contributed by atoms with E-state index in [1.807, 2.05) is 6.92 Å². The highest BCUT2D eigenvalue weighted by atomic mass is 32.2. The van der Waals surface area contributed by atoms with E-state index in [9.17, 15) is 13.5 Å². The molecular formula is C22H32N2O3S. The Labute approximate surface area is 169 Å². The number of aryl methyl sites for hydroxylation is 1. The first-order chi connectivity index (χ1) is 13.4. The van der Waals surface area contributed by atoms with E-state index >= 15 is 0 Å². The van der Waals surface area contributed by atoms with Crippen molar-refractivity contribution in [1.29, 1.82) is 0 Å². The minimum atomic E-state index is -3.82. The number of allylic oxidation sites excluding steroid dienone is 1. The Morgan fingerprint density at radius 3 is 2.14 bits per heavy atom. The lowest BCUT2D eigenvalue weighted by Gasteiger charge is -2.27. The molecule has 1 aromatic rings. The van der Waals surface area contributed by atoms with Gasteiger partial charge < -0.3 is 5.11 Å². The zero-order valence-corrected chi connectivity index (χ0v) is 17.7. The molecule has 0 saturated heterocycles. The third-order valence-electron chi connectivity index (χ3n) is 6.04. The average Bonchev–Trinajstić information content (AvgIpc) is 2.97. The zero-order valence-electron chi connectivity index (χ0n) is 16.9. The Balaban J connectivity index is 1.82. The number of rotatable bonds is 3. The monoisotopic (exact) mass is 404 g/mol. The van der Waals surface area contributed by atoms with E-state index in [1.54, 1.807) is 24.3 Å². The Morgan fingerprint density at radius 1 is 0.857 bits per heavy atom. The molecule has 154 valence electrons. The fourth-order valence-electron chi connectivity index (χ4n) is 4.30. The van der Waals surface area contributed by atoms with Crippen molar-refractivity contribution < 1.29 is 13.5 Å². The van der Waals surface area contributed by atoms with Crippen LogP contribution >= 0.6 is 0 Å². The predicted octanol–water partition coefficient (Wildman–Crippen LogP) is 5.83. The van der Waals surface area contributed by atoms with E-state index in [-0.39, 0.29) is 4.90 Å². The summed E-state index contributed by atoms with van der Waals surface area (Å²) < 4.78 is 28.7. The van der Waals surface area contributed by atoms with Gasteiger partial charge in [-0.05, 0) is 56.7 Å². The van der Waals surface area contributed by atoms with Gasteiger partial charge in [0.1, 0.15) is 0 Å². The van der Waals surface area contributed by atoms with Crippen molar-refractivity contribution in [3.8, 4) is 0 Å². The number of nitrogens with zero attached hydrogens (tertiary/aromatic N) is 2. The van der Waals surface area contributed by atoms with Gasteiger partial charge in [0.15, 0.2) is 0 Å². The first-order valence-electron chi connectivity index (χ1n) is 10.6. The van der Waals surface area contributed by atoms with Crippen LogP contribution in [0.15, 0.2) is 50.1 Å². The van der Waals surface area contributed by atoms with Gasteiger partial charge in [-0.2, -0.15) is 8.42 Å². The lowest BCUT2D eigenvalue weighted by molar-refractivity contribution is 0.0633. The van der Waals surface area contributed by atoms with Crippen LogP contribution < -0.4 is 0 Å². The second kappa shape index (κ2) is 9.31. The second-order valence-electron chi connectivity index (χ2n) is 8.26. The van der Waals surface area contributed by atoms with Crippen LogP contribution in [-0.4, -0.2) is 19.1 Å². The van der Waals surface area contributed by atoms with Gasteiger partial charge >= 0.3 is 0 Å². The van der Waals surface area contributed by atoms with Crippen LogP contribution in [0.4, 0.5) is 0 Å². The molecule has 1 unspecified atom stereocenters. The SMILES string of the molecule is Cc1ccc(S(=O)(=O)N=NC2=C3CCCCCCCCCCC3(O)CC2)cc1. The van der Waals surface area contributed by atoms with E-state index in [0.717, 1.165) is 49.7 Å². The molecule has 0 aliphatic heterocycles. The Kier molecular flexibility index (Phi) is 7.05. The summed E-state index contributed by atoms with van der Waals surface area (Å²) in [5, 5.41) is 15.4. The number of hydrogen-bond donors (Lipinski definition) is 1. The van der Waals surface area contributed by atoms with Crippen molar-refractivity contribution in [2.24, 2.45) is 9.63 Å². The third kappa shape index (κ3) is 5.29. The van der Waals surface area contributed by atoms with E-state index in [2.05, 4.69) is 9.63 Å². The molecule has 2 aliphatic rings. The standard InChI is InChI=1S/C22H32N2O3S/c1-18-11-13-19(14-12-18)28(26,27)24-23-21-15-17-22(25)16-9-7-5-3-2-4-6-8-10-20(21)22/h11-14,25H,2-10,15-17H2,1H3. The topological polar surface area (TPSA) is 79.1 Å². The van der Waals surface area contributed by atoms with E-state index in [4.69, 9.17) is 0 Å². The second-order valence-corrected chi connectivity index (χ2v) is 9.84. The molecule has 0 aromatic heterocycles. The summed E-state index contributed by atoms with van der Waals surface area (Å²) in [6, 6.07) is 6.63. The molecular weight excluding hydrogens is 372 g/mol. The Morgan fingerprint density at radius 2 is 1.46 bits per heavy atom. The molecule has 0 heterocycles. The van der Waals surface area contributed by atoms with E-state index in [0.29, 0.717) is 18.5 Å². The maximum absolute atomic E-state index is 12.5. The summed E-state index contributed by atoms with van der Waals surface area (Å²) in [5.74, 6) is 0. The summed E-state index contributed by atoms with van der Waals surface area (Å²) in [7, 11) is -3.82. The van der Waals surface area contributed by atoms with Crippen molar-refractivity contribution in [3.63, 3.8) is 0 Å². The normalized spacial score (nSPS) is 25.4. The van der Waals surface area contributed by atoms with Crippen molar-refractivity contribution >= 4 is 10.0 Å². The maximum atomic E-state index is 12.5. The quantitative estimate of drug-likeness (QED) is 0.644. The molecule has 1 fully saturated rings. The zero-order chi connectivity index (χ0) is 20.0. The Bertz CT molecular complexity index is 828. The van der Waals surface area contributed by atoms with Gasteiger partial charge in [-0.1, -0.05) is 67.2 Å². The first-order valence-corrected chi connectivity index (χ1v) is 12.0. The minimum absolute atomic E-state index is 0.152. The molecule has 0 spiro atoms. The van der Waals surface area contributed by atoms with Crippen LogP contribution in [-0.2, 0) is 10.0 Å². The van der Waals surface area contributed by atoms with Crippen LogP contribution in [0.2, 0.25) is 0 Å². The van der Waals surface area contributed by atoms with E-state index in [1.165, 1.54) is 25.7 Å². The van der Waals surface area contributed by atoms with Gasteiger partial charge in [0.05, 0.1) is 16.2 Å². The van der Waals surface area contributed by atoms with E-state index < -0.39 is 15.6 Å². The van der Waals surface area contributed by atoms with Gasteiger partial charge in [-0.3, -0.25) is 0 Å². The summed E-state index contributed by atoms with van der Waals surface area (Å²) in [4.78, 5) is 0.152. The number of hydrogen-bond acceptors (Lipinski definition) is 4. The summed E-state index contributed by atoms with van der Waals surface area (Å²) in [5.41, 5.74) is 1.77. The van der Waals surface area contributed by atoms with Crippen LogP contribution in [0, 0.1) is 6.92 Å². The number of aliphatic hydroxyl groups is 1. The number of fused-ring (bicyclic) bond motifs is 1. The highest BCUT2D eigenvalue weighted by Gasteiger charge is 2.38. The van der Waals surface area contributed by atoms with Gasteiger partial charge in [-0.25, -0.2) is 0 Å². The van der Waals surface area contributed by atoms with Crippen molar-refractivity contribution in [2.45, 2.75) is 94.5 Å². The van der Waals surface area contributed by atoms with Gasteiger partial charge in [0, 0.05) is 0 Å². The van der Waals surface area contributed by atoms with Crippen molar-refractivity contribution in [1.82, 2.24) is 0 Å². The summed E-state index contributed by atoms with van der Waals surface area (Å²) in [6.07, 6.45) is 12.1. The molecule has 1 atom stereocenters. The largest absolute Gasteiger partial charge is 0.385 e. The van der Waals surface area contributed by atoms with Crippen LogP contribution in [0.25, 0.3) is 0 Å². The molecule has 1 saturated carbocycles. The molecule has 6 heteroatoms. The van der Waals surface area contributed by atoms with Crippen LogP contribution in [0.1, 0.15) is 82.6 Å². The molecule has 1 N–H and O–H groups in total. The highest BCUT2D eigenvalue weighted by Crippen LogP contribution is 2.43. The Hall–Kier alpha value is -1.53. The molecule has 2 aliphatic carbocycles. The van der Waals surface area contributed by atoms with Gasteiger partial charge in [0.25, 0.3) is 10.0 Å². The molecule has 0 amide bonds. The first kappa shape index (κ1) is 21.2. The molecule has 0 radical (unpaired) electrons. The summed E-state index contributed by atoms with van der Waals surface area (Å²) in [6.45, 7) is 1.91. The third-order valence-corrected chi connectivity index (χ3v) is 7.20. The predicted molar refractivity (Wildman–Crippen MR) is 111 cm³/mol. The molecule has 28 heavy (non-hydrogen) atoms. The molecule has 5 nitrogen and oxygen atoms in total. The highest BCUT2D eigenvalue weighted by molar-refractivity contribution is 7.90. The fraction of sp³-hybridized carbons (Fsp3) is 0.636.